The van der Waals surface area contributed by atoms with Crippen molar-refractivity contribution in [3.05, 3.63) is 58.1 Å². The molecular weight excluding hydrogens is 940 g/mol. The van der Waals surface area contributed by atoms with E-state index in [-0.39, 0.29) is 0 Å². The van der Waals surface area contributed by atoms with Gasteiger partial charge in [0.2, 0.25) is 29.6 Å². The average Bonchev–Trinajstić information content (AvgIpc) is 3.28. The van der Waals surface area contributed by atoms with Crippen molar-refractivity contribution in [3.8, 4) is 80.1 Å². The highest BCUT2D eigenvalue weighted by Gasteiger charge is 2.55. The molecule has 15 N–H and O–H groups in total. The van der Waals surface area contributed by atoms with Crippen LogP contribution in [0, 0.1) is 5.92 Å². The number of phenols is 12. The predicted octanol–water partition coefficient (Wildman–Crippen LogP) is -0.131. The van der Waals surface area contributed by atoms with Crippen LogP contribution in [0.5, 0.6) is 69.0 Å². The maximum Gasteiger partial charge on any atom is 0.345 e. The zero-order valence-corrected chi connectivity index (χ0v) is 33.9. The second kappa shape index (κ2) is 17.5. The molecule has 364 valence electrons. The maximum absolute atomic E-state index is 14.5. The number of hydrogen-bond acceptors (Lipinski definition) is 26. The van der Waals surface area contributed by atoms with Crippen LogP contribution in [0.3, 0.4) is 0 Å². The standard InChI is InChI=1S/C41H32O28/c42-13-1-8(2-14(43)24(13)49)36(59)69-41-31(56)34-32(66-40(63)12(6-19(47)48)23-22-11(5-17(46)27(52)30(22)55)38(61)67-33(23)35(57)58)18(65-41)7-64-37(60)9-3-15(44)25(50)28(53)20(9)21-10(39(62)68-34)4-16(45)26(51)29(21)54/h1-5,12,18,23,31-34,41-46,49-56H,6-7H2,(H,47,48)(H,57,58)/t12-,18-,23-,31+,32-,33-,34-,41-/m1/s1. The zero-order valence-electron chi connectivity index (χ0n) is 33.9. The lowest BCUT2D eigenvalue weighted by Gasteiger charge is -2.43. The lowest BCUT2D eigenvalue weighted by Crippen LogP contribution is -2.62. The van der Waals surface area contributed by atoms with Crippen LogP contribution in [0.4, 0.5) is 0 Å². The van der Waals surface area contributed by atoms with E-state index in [1.807, 2.05) is 0 Å². The monoisotopic (exact) mass is 972 g/mol. The number of ether oxygens (including phenoxy) is 6. The second-order valence-electron chi connectivity index (χ2n) is 15.2. The first kappa shape index (κ1) is 47.6. The largest absolute Gasteiger partial charge is 0.504 e. The van der Waals surface area contributed by atoms with E-state index in [2.05, 4.69) is 0 Å². The molecule has 28 heteroatoms. The molecule has 0 aromatic heterocycles. The van der Waals surface area contributed by atoms with Crippen LogP contribution in [0.25, 0.3) is 11.1 Å². The van der Waals surface area contributed by atoms with Crippen molar-refractivity contribution in [2.75, 3.05) is 6.61 Å². The van der Waals surface area contributed by atoms with Crippen molar-refractivity contribution in [3.63, 3.8) is 0 Å². The smallest absolute Gasteiger partial charge is 0.345 e. The number of aliphatic hydroxyl groups is 1. The van der Waals surface area contributed by atoms with Crippen LogP contribution in [-0.4, -0.2) is 162 Å². The Morgan fingerprint density at radius 1 is 0.609 bits per heavy atom. The summed E-state index contributed by atoms with van der Waals surface area (Å²) < 4.78 is 32.2. The third-order valence-corrected chi connectivity index (χ3v) is 11.0. The van der Waals surface area contributed by atoms with Crippen molar-refractivity contribution >= 4 is 41.8 Å². The summed E-state index contributed by atoms with van der Waals surface area (Å²) in [7, 11) is 0. The minimum Gasteiger partial charge on any atom is -0.504 e. The van der Waals surface area contributed by atoms with E-state index in [0.29, 0.717) is 30.3 Å². The molecule has 3 aliphatic heterocycles. The average molecular weight is 973 g/mol. The van der Waals surface area contributed by atoms with E-state index in [4.69, 9.17) is 28.4 Å². The summed E-state index contributed by atoms with van der Waals surface area (Å²) in [6, 6.07) is 2.33. The van der Waals surface area contributed by atoms with E-state index in [1.54, 1.807) is 0 Å². The van der Waals surface area contributed by atoms with E-state index in [1.165, 1.54) is 0 Å². The van der Waals surface area contributed by atoms with Gasteiger partial charge in [0.15, 0.2) is 70.1 Å². The topological polar surface area (TPSA) is 478 Å². The van der Waals surface area contributed by atoms with Gasteiger partial charge in [0.25, 0.3) is 0 Å². The molecule has 69 heavy (non-hydrogen) atoms. The van der Waals surface area contributed by atoms with Gasteiger partial charge in [-0.1, -0.05) is 0 Å². The van der Waals surface area contributed by atoms with E-state index >= 15 is 0 Å². The number of benzene rings is 4. The molecule has 1 saturated heterocycles. The molecular formula is C41H32O28. The van der Waals surface area contributed by atoms with E-state index in [0.717, 1.165) is 0 Å². The number of fused-ring (bicyclic) bond motifs is 6. The Hall–Kier alpha value is -9.31. The molecule has 0 unspecified atom stereocenters. The molecule has 0 amide bonds. The van der Waals surface area contributed by atoms with Gasteiger partial charge in [0, 0.05) is 16.7 Å². The number of cyclic esters (lactones) is 2. The highest BCUT2D eigenvalue weighted by molar-refractivity contribution is 6.08. The number of carboxylic acids is 2. The minimum atomic E-state index is -2.70. The Kier molecular flexibility index (Phi) is 12.1. The number of esters is 5. The molecule has 3 heterocycles. The summed E-state index contributed by atoms with van der Waals surface area (Å²) in [6.45, 7) is -1.37. The molecule has 0 spiro atoms. The van der Waals surface area contributed by atoms with E-state index < -0.39 is 211 Å². The molecule has 2 bridgehead atoms. The van der Waals surface area contributed by atoms with Crippen molar-refractivity contribution in [2.45, 2.75) is 49.1 Å². The zero-order chi connectivity index (χ0) is 50.8. The summed E-state index contributed by atoms with van der Waals surface area (Å²) >= 11 is 0. The first-order valence-corrected chi connectivity index (χ1v) is 19.2. The molecule has 4 aromatic carbocycles. The van der Waals surface area contributed by atoms with Crippen LogP contribution >= 0.6 is 0 Å². The number of aliphatic carboxylic acids is 2. The third-order valence-electron chi connectivity index (χ3n) is 11.0. The van der Waals surface area contributed by atoms with Gasteiger partial charge >= 0.3 is 41.8 Å². The van der Waals surface area contributed by atoms with Gasteiger partial charge in [-0.25, -0.2) is 24.0 Å². The van der Waals surface area contributed by atoms with Crippen LogP contribution in [0.2, 0.25) is 0 Å². The molecule has 7 rings (SSSR count). The minimum absolute atomic E-state index is 0.332. The van der Waals surface area contributed by atoms with Gasteiger partial charge in [-0.05, 0) is 30.3 Å². The molecule has 28 nitrogen and oxygen atoms in total. The Morgan fingerprint density at radius 3 is 1.64 bits per heavy atom. The van der Waals surface area contributed by atoms with Crippen molar-refractivity contribution in [2.24, 2.45) is 5.92 Å². The number of phenolic OH excluding ortho intramolecular Hbond substituents is 12. The van der Waals surface area contributed by atoms with Crippen molar-refractivity contribution in [1.29, 1.82) is 0 Å². The van der Waals surface area contributed by atoms with Gasteiger partial charge in [-0.15, -0.1) is 0 Å². The number of rotatable bonds is 8. The molecule has 0 aliphatic carbocycles. The Morgan fingerprint density at radius 2 is 1.10 bits per heavy atom. The Balaban J connectivity index is 1.40. The van der Waals surface area contributed by atoms with Gasteiger partial charge < -0.3 is 105 Å². The number of carbonyl (C=O) groups is 7. The fourth-order valence-corrected chi connectivity index (χ4v) is 7.79. The first-order chi connectivity index (χ1) is 32.3. The van der Waals surface area contributed by atoms with Crippen molar-refractivity contribution < 1.29 is 139 Å². The Labute approximate surface area is 380 Å². The maximum atomic E-state index is 14.5. The lowest BCUT2D eigenvalue weighted by atomic mass is 9.76. The van der Waals surface area contributed by atoms with Crippen molar-refractivity contribution in [1.82, 2.24) is 0 Å². The number of aromatic hydroxyl groups is 12. The van der Waals surface area contributed by atoms with E-state index in [9.17, 15) is 110 Å². The highest BCUT2D eigenvalue weighted by atomic mass is 16.7. The number of aliphatic hydroxyl groups excluding tert-OH is 1. The summed E-state index contributed by atoms with van der Waals surface area (Å²) in [4.78, 5) is 94.0. The van der Waals surface area contributed by atoms with Crippen LogP contribution in [0.1, 0.15) is 59.3 Å². The third kappa shape index (κ3) is 8.20. The SMILES string of the molecule is O=C(O)C[C@@H](C(=O)O[C@H]1[C@@H]2OC(=O)c3cc(O)c(O)c(O)c3-c3c(cc(O)c(O)c3O)C(=O)OC[C@H]1O[C@H](OC(=O)c1cc(O)c(O)c(O)c1)[C@H]2O)[C@@H]1c2c(cc(O)c(O)c2O)C(=O)O[C@H]1C(=O)O. The van der Waals surface area contributed by atoms with Crippen LogP contribution in [0.15, 0.2) is 30.3 Å². The Bertz CT molecular complexity index is 2880. The van der Waals surface area contributed by atoms with Gasteiger partial charge in [-0.2, -0.15) is 0 Å². The molecule has 4 aromatic rings. The lowest BCUT2D eigenvalue weighted by molar-refractivity contribution is -0.288. The number of carboxylic acid groups (broad SMARTS) is 2. The van der Waals surface area contributed by atoms with Crippen LogP contribution < -0.4 is 0 Å². The summed E-state index contributed by atoms with van der Waals surface area (Å²) in [5.41, 5.74) is -7.14. The van der Waals surface area contributed by atoms with Gasteiger partial charge in [0.1, 0.15) is 12.7 Å². The summed E-state index contributed by atoms with van der Waals surface area (Å²) in [5, 5.41) is 157. The van der Waals surface area contributed by atoms with Gasteiger partial charge in [0.05, 0.1) is 40.5 Å². The van der Waals surface area contributed by atoms with Crippen LogP contribution in [-0.2, 0) is 42.8 Å². The number of hydrogen-bond donors (Lipinski definition) is 15. The highest BCUT2D eigenvalue weighted by Crippen LogP contribution is 2.54. The fraction of sp³-hybridized carbons (Fsp3) is 0.244. The molecule has 0 saturated carbocycles. The van der Waals surface area contributed by atoms with Gasteiger partial charge in [-0.3, -0.25) is 9.59 Å². The fourth-order valence-electron chi connectivity index (χ4n) is 7.79. The number of carbonyl (C=O) groups excluding carboxylic acids is 5. The molecule has 8 atom stereocenters. The molecule has 0 radical (unpaired) electrons. The molecule has 3 aliphatic rings. The predicted molar refractivity (Wildman–Crippen MR) is 210 cm³/mol. The first-order valence-electron chi connectivity index (χ1n) is 19.2. The quantitative estimate of drug-likeness (QED) is 0.0621. The normalized spacial score (nSPS) is 22.3. The second-order valence-corrected chi connectivity index (χ2v) is 15.2. The molecule has 1 fully saturated rings. The summed E-state index contributed by atoms with van der Waals surface area (Å²) in [5.74, 6) is -33.3. The summed E-state index contributed by atoms with van der Waals surface area (Å²) in [6.07, 6.45) is -16.8.